The van der Waals surface area contributed by atoms with E-state index >= 15 is 0 Å². The minimum atomic E-state index is -0.413. The Hall–Kier alpha value is -2.50. The molecule has 1 unspecified atom stereocenters. The molecule has 110 valence electrons. The fourth-order valence-corrected chi connectivity index (χ4v) is 2.40. The van der Waals surface area contributed by atoms with Gasteiger partial charge in [0.2, 0.25) is 6.79 Å². The minimum Gasteiger partial charge on any atom is -0.469 e. The zero-order valence-electron chi connectivity index (χ0n) is 11.9. The molecule has 1 N–H and O–H groups in total. The number of benzene rings is 1. The second-order valence-corrected chi connectivity index (χ2v) is 4.89. The van der Waals surface area contributed by atoms with Crippen molar-refractivity contribution < 1.29 is 19.0 Å². The number of fused-ring (bicyclic) bond motifs is 1. The third-order valence-corrected chi connectivity index (χ3v) is 3.46. The van der Waals surface area contributed by atoms with Crippen LogP contribution in [0.3, 0.4) is 0 Å². The molecule has 2 heterocycles. The highest BCUT2D eigenvalue weighted by molar-refractivity contribution is 5.78. The van der Waals surface area contributed by atoms with Crippen molar-refractivity contribution in [2.24, 2.45) is 0 Å². The maximum absolute atomic E-state index is 12.1. The Labute approximate surface area is 122 Å². The first-order chi connectivity index (χ1) is 10.2. The highest BCUT2D eigenvalue weighted by Gasteiger charge is 2.25. The molecule has 0 bridgehead atoms. The van der Waals surface area contributed by atoms with E-state index in [1.165, 1.54) is 7.11 Å². The highest BCUT2D eigenvalue weighted by atomic mass is 16.7. The number of aromatic amines is 1. The summed E-state index contributed by atoms with van der Waals surface area (Å²) in [5.41, 5.74) is 1.72. The molecule has 2 aromatic rings. The van der Waals surface area contributed by atoms with Crippen LogP contribution in [0.2, 0.25) is 0 Å². The van der Waals surface area contributed by atoms with Crippen molar-refractivity contribution >= 4 is 5.97 Å². The smallest absolute Gasteiger partial charge is 0.313 e. The molecule has 0 amide bonds. The first-order valence-corrected chi connectivity index (χ1v) is 6.65. The number of H-pyrrole nitrogens is 1. The van der Waals surface area contributed by atoms with E-state index in [0.717, 1.165) is 17.1 Å². The fraction of sp³-hybridized carbons (Fsp3) is 0.333. The monoisotopic (exact) mass is 288 g/mol. The van der Waals surface area contributed by atoms with Crippen LogP contribution in [0.15, 0.2) is 24.4 Å². The largest absolute Gasteiger partial charge is 0.469 e. The standard InChI is InChI=1S/C15H16N2O4/c1-9-16-7-11(17-9)6-12(15(18)19-2)10-3-4-13-14(5-10)21-8-20-13/h3-5,7,12H,6,8H2,1-2H3,(H,16,17). The lowest BCUT2D eigenvalue weighted by molar-refractivity contribution is -0.142. The average Bonchev–Trinajstić information content (AvgIpc) is 3.11. The fourth-order valence-electron chi connectivity index (χ4n) is 2.40. The Kier molecular flexibility index (Phi) is 3.51. The van der Waals surface area contributed by atoms with Gasteiger partial charge >= 0.3 is 5.97 Å². The molecule has 1 atom stereocenters. The van der Waals surface area contributed by atoms with Gasteiger partial charge in [0.1, 0.15) is 5.82 Å². The van der Waals surface area contributed by atoms with Crippen LogP contribution in [0.4, 0.5) is 0 Å². The Morgan fingerprint density at radius 2 is 2.24 bits per heavy atom. The molecule has 0 saturated heterocycles. The molecule has 1 aromatic heterocycles. The minimum absolute atomic E-state index is 0.210. The third-order valence-electron chi connectivity index (χ3n) is 3.46. The third kappa shape index (κ3) is 2.69. The number of nitrogens with zero attached hydrogens (tertiary/aromatic N) is 1. The van der Waals surface area contributed by atoms with Gasteiger partial charge in [0.15, 0.2) is 11.5 Å². The van der Waals surface area contributed by atoms with E-state index in [4.69, 9.17) is 14.2 Å². The number of imidazole rings is 1. The van der Waals surface area contributed by atoms with Gasteiger partial charge in [0, 0.05) is 18.3 Å². The Morgan fingerprint density at radius 1 is 1.43 bits per heavy atom. The predicted molar refractivity (Wildman–Crippen MR) is 74.4 cm³/mol. The van der Waals surface area contributed by atoms with Gasteiger partial charge in [-0.1, -0.05) is 6.07 Å². The summed E-state index contributed by atoms with van der Waals surface area (Å²) in [6.45, 7) is 2.08. The molecular formula is C15H16N2O4. The summed E-state index contributed by atoms with van der Waals surface area (Å²) < 4.78 is 15.6. The van der Waals surface area contributed by atoms with Crippen LogP contribution in [0.25, 0.3) is 0 Å². The van der Waals surface area contributed by atoms with Crippen molar-refractivity contribution in [2.45, 2.75) is 19.3 Å². The number of ether oxygens (including phenoxy) is 3. The van der Waals surface area contributed by atoms with E-state index < -0.39 is 5.92 Å². The molecule has 1 aromatic carbocycles. The number of carbonyl (C=O) groups excluding carboxylic acids is 1. The molecule has 0 radical (unpaired) electrons. The number of hydrogen-bond acceptors (Lipinski definition) is 5. The number of methoxy groups -OCH3 is 1. The second kappa shape index (κ2) is 5.47. The van der Waals surface area contributed by atoms with Gasteiger partial charge in [0.05, 0.1) is 13.0 Å². The van der Waals surface area contributed by atoms with Gasteiger partial charge in [-0.2, -0.15) is 0 Å². The lowest BCUT2D eigenvalue weighted by Gasteiger charge is -2.14. The van der Waals surface area contributed by atoms with Gasteiger partial charge in [-0.05, 0) is 24.6 Å². The van der Waals surface area contributed by atoms with Crippen molar-refractivity contribution in [3.8, 4) is 11.5 Å². The SMILES string of the molecule is COC(=O)C(Cc1cnc(C)[nH]1)c1ccc2c(c1)OCO2. The highest BCUT2D eigenvalue weighted by Crippen LogP contribution is 2.35. The van der Waals surface area contributed by atoms with Crippen molar-refractivity contribution in [3.05, 3.63) is 41.5 Å². The molecule has 0 spiro atoms. The zero-order chi connectivity index (χ0) is 14.8. The molecule has 0 fully saturated rings. The first kappa shape index (κ1) is 13.5. The van der Waals surface area contributed by atoms with Crippen LogP contribution in [0, 0.1) is 6.92 Å². The van der Waals surface area contributed by atoms with E-state index in [9.17, 15) is 4.79 Å². The number of carbonyl (C=O) groups is 1. The van der Waals surface area contributed by atoms with Gasteiger partial charge in [0.25, 0.3) is 0 Å². The van der Waals surface area contributed by atoms with E-state index in [-0.39, 0.29) is 12.8 Å². The van der Waals surface area contributed by atoms with Crippen molar-refractivity contribution in [1.82, 2.24) is 9.97 Å². The summed E-state index contributed by atoms with van der Waals surface area (Å²) in [5, 5.41) is 0. The molecular weight excluding hydrogens is 272 g/mol. The van der Waals surface area contributed by atoms with Crippen LogP contribution in [0.5, 0.6) is 11.5 Å². The zero-order valence-corrected chi connectivity index (χ0v) is 11.9. The molecule has 1 aliphatic heterocycles. The normalized spacial score (nSPS) is 14.0. The van der Waals surface area contributed by atoms with Gasteiger partial charge in [-0.3, -0.25) is 4.79 Å². The molecule has 3 rings (SSSR count). The van der Waals surface area contributed by atoms with Crippen LogP contribution in [-0.2, 0) is 16.0 Å². The molecule has 0 aliphatic carbocycles. The van der Waals surface area contributed by atoms with Crippen LogP contribution in [0.1, 0.15) is 23.0 Å². The number of aromatic nitrogens is 2. The van der Waals surface area contributed by atoms with Gasteiger partial charge in [-0.25, -0.2) is 4.98 Å². The predicted octanol–water partition coefficient (Wildman–Crippen LogP) is 1.95. The van der Waals surface area contributed by atoms with Crippen molar-refractivity contribution in [2.75, 3.05) is 13.9 Å². The first-order valence-electron chi connectivity index (χ1n) is 6.65. The quantitative estimate of drug-likeness (QED) is 0.870. The number of nitrogens with one attached hydrogen (secondary N) is 1. The molecule has 21 heavy (non-hydrogen) atoms. The molecule has 0 saturated carbocycles. The van der Waals surface area contributed by atoms with Gasteiger partial charge in [-0.15, -0.1) is 0 Å². The number of rotatable bonds is 4. The van der Waals surface area contributed by atoms with Crippen molar-refractivity contribution in [1.29, 1.82) is 0 Å². The van der Waals surface area contributed by atoms with Crippen LogP contribution < -0.4 is 9.47 Å². The lowest BCUT2D eigenvalue weighted by Crippen LogP contribution is -2.17. The Bertz CT molecular complexity index is 665. The maximum atomic E-state index is 12.1. The summed E-state index contributed by atoms with van der Waals surface area (Å²) in [7, 11) is 1.39. The van der Waals surface area contributed by atoms with Crippen molar-refractivity contribution in [3.63, 3.8) is 0 Å². The lowest BCUT2D eigenvalue weighted by atomic mass is 9.94. The summed E-state index contributed by atoms with van der Waals surface area (Å²) in [5.74, 6) is 1.46. The second-order valence-electron chi connectivity index (χ2n) is 4.89. The number of esters is 1. The summed E-state index contributed by atoms with van der Waals surface area (Å²) in [6, 6.07) is 5.50. The summed E-state index contributed by atoms with van der Waals surface area (Å²) in [6.07, 6.45) is 2.23. The van der Waals surface area contributed by atoms with Crippen LogP contribution >= 0.6 is 0 Å². The van der Waals surface area contributed by atoms with E-state index in [1.807, 2.05) is 25.1 Å². The van der Waals surface area contributed by atoms with E-state index in [2.05, 4.69) is 9.97 Å². The topological polar surface area (TPSA) is 73.4 Å². The van der Waals surface area contributed by atoms with E-state index in [0.29, 0.717) is 17.9 Å². The maximum Gasteiger partial charge on any atom is 0.313 e. The average molecular weight is 288 g/mol. The Balaban J connectivity index is 1.90. The van der Waals surface area contributed by atoms with E-state index in [1.54, 1.807) is 6.20 Å². The molecule has 6 heteroatoms. The molecule has 6 nitrogen and oxygen atoms in total. The molecule has 1 aliphatic rings. The number of hydrogen-bond donors (Lipinski definition) is 1. The summed E-state index contributed by atoms with van der Waals surface area (Å²) in [4.78, 5) is 19.4. The Morgan fingerprint density at radius 3 is 2.95 bits per heavy atom. The number of aryl methyl sites for hydroxylation is 1. The van der Waals surface area contributed by atoms with Crippen LogP contribution in [-0.4, -0.2) is 29.8 Å². The summed E-state index contributed by atoms with van der Waals surface area (Å²) >= 11 is 0. The van der Waals surface area contributed by atoms with Gasteiger partial charge < -0.3 is 19.2 Å².